The summed E-state index contributed by atoms with van der Waals surface area (Å²) in [5.74, 6) is -0.418. The number of aromatic amines is 1. The van der Waals surface area contributed by atoms with Gasteiger partial charge >= 0.3 is 0 Å². The molecular weight excluding hydrogens is 316 g/mol. The van der Waals surface area contributed by atoms with E-state index in [1.165, 1.54) is 0 Å². The van der Waals surface area contributed by atoms with Crippen LogP contribution < -0.4 is 10.9 Å². The normalized spacial score (nSPS) is 10.7. The summed E-state index contributed by atoms with van der Waals surface area (Å²) in [5.41, 5.74) is 4.27. The molecule has 0 aliphatic carbocycles. The molecule has 0 spiro atoms. The van der Waals surface area contributed by atoms with Crippen molar-refractivity contribution in [1.29, 1.82) is 0 Å². The lowest BCUT2D eigenvalue weighted by Gasteiger charge is -2.09. The zero-order chi connectivity index (χ0) is 18.0. The number of benzene rings is 1. The van der Waals surface area contributed by atoms with Crippen molar-refractivity contribution >= 4 is 11.6 Å². The van der Waals surface area contributed by atoms with E-state index in [0.29, 0.717) is 5.69 Å². The maximum atomic E-state index is 12.4. The molecule has 0 saturated carbocycles. The van der Waals surface area contributed by atoms with E-state index in [1.807, 2.05) is 37.5 Å². The summed E-state index contributed by atoms with van der Waals surface area (Å²) >= 11 is 0. The van der Waals surface area contributed by atoms with E-state index >= 15 is 0 Å². The number of amides is 1. The van der Waals surface area contributed by atoms with Crippen LogP contribution in [0.1, 0.15) is 34.2 Å². The van der Waals surface area contributed by atoms with Crippen LogP contribution >= 0.6 is 0 Å². The predicted molar refractivity (Wildman–Crippen MR) is 97.4 cm³/mol. The summed E-state index contributed by atoms with van der Waals surface area (Å²) in [7, 11) is 0. The fourth-order valence-electron chi connectivity index (χ4n) is 2.56. The highest BCUT2D eigenvalue weighted by molar-refractivity contribution is 6.04. The van der Waals surface area contributed by atoms with Gasteiger partial charge in [0.15, 0.2) is 0 Å². The number of aryl methyl sites for hydroxylation is 2. The fraction of sp³-hybridized carbons (Fsp3) is 0.211. The van der Waals surface area contributed by atoms with E-state index in [4.69, 9.17) is 0 Å². The Labute approximate surface area is 145 Å². The minimum Gasteiger partial charge on any atom is -0.328 e. The van der Waals surface area contributed by atoms with Gasteiger partial charge in [0.2, 0.25) is 0 Å². The standard InChI is InChI=1S/C19H20N4O2/c1-4-14-9-17(18(24)20-10-14)19(25)22-15-5-7-16(8-6-15)23-11-21-12(2)13(23)3/h5-11H,4H2,1-3H3,(H,20,24)(H,22,25). The van der Waals surface area contributed by atoms with Gasteiger partial charge in [-0.3, -0.25) is 9.59 Å². The van der Waals surface area contributed by atoms with Crippen LogP contribution in [0.5, 0.6) is 0 Å². The van der Waals surface area contributed by atoms with Gasteiger partial charge in [0.25, 0.3) is 11.5 Å². The van der Waals surface area contributed by atoms with E-state index in [-0.39, 0.29) is 5.56 Å². The molecule has 0 fully saturated rings. The molecule has 0 saturated heterocycles. The zero-order valence-electron chi connectivity index (χ0n) is 14.5. The number of H-pyrrole nitrogens is 1. The molecule has 6 nitrogen and oxygen atoms in total. The molecule has 0 radical (unpaired) electrons. The van der Waals surface area contributed by atoms with E-state index in [2.05, 4.69) is 15.3 Å². The first-order chi connectivity index (χ1) is 12.0. The molecular formula is C19H20N4O2. The van der Waals surface area contributed by atoms with Crippen molar-refractivity contribution in [3.05, 3.63) is 75.7 Å². The number of carbonyl (C=O) groups is 1. The summed E-state index contributed by atoms with van der Waals surface area (Å²) in [6.45, 7) is 5.93. The number of hydrogen-bond acceptors (Lipinski definition) is 3. The molecule has 2 aromatic heterocycles. The average Bonchev–Trinajstić information content (AvgIpc) is 2.95. The third kappa shape index (κ3) is 3.38. The summed E-state index contributed by atoms with van der Waals surface area (Å²) in [4.78, 5) is 31.1. The van der Waals surface area contributed by atoms with E-state index in [1.54, 1.807) is 30.7 Å². The van der Waals surface area contributed by atoms with Gasteiger partial charge in [0, 0.05) is 23.3 Å². The fourth-order valence-corrected chi connectivity index (χ4v) is 2.56. The lowest BCUT2D eigenvalue weighted by Crippen LogP contribution is -2.23. The number of pyridine rings is 1. The summed E-state index contributed by atoms with van der Waals surface area (Å²) in [6, 6.07) is 9.03. The lowest BCUT2D eigenvalue weighted by molar-refractivity contribution is 0.102. The molecule has 0 aliphatic rings. The average molecular weight is 336 g/mol. The largest absolute Gasteiger partial charge is 0.328 e. The number of nitrogens with zero attached hydrogens (tertiary/aromatic N) is 2. The Hall–Kier alpha value is -3.15. The second kappa shape index (κ2) is 6.76. The molecule has 1 amide bonds. The Morgan fingerprint density at radius 1 is 1.24 bits per heavy atom. The van der Waals surface area contributed by atoms with Crippen LogP contribution in [0.3, 0.4) is 0 Å². The zero-order valence-corrected chi connectivity index (χ0v) is 14.5. The summed E-state index contributed by atoms with van der Waals surface area (Å²) < 4.78 is 1.98. The molecule has 3 rings (SSSR count). The van der Waals surface area contributed by atoms with Gasteiger partial charge in [-0.2, -0.15) is 0 Å². The van der Waals surface area contributed by atoms with Crippen molar-refractivity contribution in [1.82, 2.24) is 14.5 Å². The summed E-state index contributed by atoms with van der Waals surface area (Å²) in [5, 5.41) is 2.77. The number of hydrogen-bond donors (Lipinski definition) is 2. The lowest BCUT2D eigenvalue weighted by atomic mass is 10.1. The van der Waals surface area contributed by atoms with Gasteiger partial charge in [-0.1, -0.05) is 6.92 Å². The molecule has 3 aromatic rings. The Morgan fingerprint density at radius 3 is 2.56 bits per heavy atom. The van der Waals surface area contributed by atoms with E-state index in [0.717, 1.165) is 29.1 Å². The van der Waals surface area contributed by atoms with Crippen LogP contribution in [-0.2, 0) is 6.42 Å². The van der Waals surface area contributed by atoms with Gasteiger partial charge in [-0.15, -0.1) is 0 Å². The second-order valence-corrected chi connectivity index (χ2v) is 5.89. The number of anilines is 1. The highest BCUT2D eigenvalue weighted by Crippen LogP contribution is 2.17. The van der Waals surface area contributed by atoms with Crippen LogP contribution in [0, 0.1) is 13.8 Å². The minimum absolute atomic E-state index is 0.115. The highest BCUT2D eigenvalue weighted by Gasteiger charge is 2.12. The number of aromatic nitrogens is 3. The maximum Gasteiger partial charge on any atom is 0.261 e. The monoisotopic (exact) mass is 336 g/mol. The molecule has 1 aromatic carbocycles. The quantitative estimate of drug-likeness (QED) is 0.768. The summed E-state index contributed by atoms with van der Waals surface area (Å²) in [6.07, 6.45) is 4.15. The number of rotatable bonds is 4. The van der Waals surface area contributed by atoms with Crippen molar-refractivity contribution in [2.24, 2.45) is 0 Å². The van der Waals surface area contributed by atoms with Crippen molar-refractivity contribution < 1.29 is 4.79 Å². The number of nitrogens with one attached hydrogen (secondary N) is 2. The van der Waals surface area contributed by atoms with Crippen molar-refractivity contribution in [2.75, 3.05) is 5.32 Å². The predicted octanol–water partition coefficient (Wildman–Crippen LogP) is 2.99. The first kappa shape index (κ1) is 16.7. The van der Waals surface area contributed by atoms with Crippen molar-refractivity contribution in [3.63, 3.8) is 0 Å². The third-order valence-electron chi connectivity index (χ3n) is 4.27. The molecule has 0 atom stereocenters. The van der Waals surface area contributed by atoms with Gasteiger partial charge in [-0.25, -0.2) is 4.98 Å². The minimum atomic E-state index is -0.418. The van der Waals surface area contributed by atoms with E-state index < -0.39 is 11.5 Å². The second-order valence-electron chi connectivity index (χ2n) is 5.89. The topological polar surface area (TPSA) is 79.8 Å². The van der Waals surface area contributed by atoms with Crippen molar-refractivity contribution in [2.45, 2.75) is 27.2 Å². The van der Waals surface area contributed by atoms with Crippen LogP contribution in [0.2, 0.25) is 0 Å². The highest BCUT2D eigenvalue weighted by atomic mass is 16.2. The van der Waals surface area contributed by atoms with Crippen LogP contribution in [-0.4, -0.2) is 20.4 Å². The number of carbonyl (C=O) groups excluding carboxylic acids is 1. The molecule has 6 heteroatoms. The molecule has 2 N–H and O–H groups in total. The van der Waals surface area contributed by atoms with Crippen LogP contribution in [0.4, 0.5) is 5.69 Å². The van der Waals surface area contributed by atoms with Crippen LogP contribution in [0.25, 0.3) is 5.69 Å². The molecule has 128 valence electrons. The first-order valence-corrected chi connectivity index (χ1v) is 8.13. The maximum absolute atomic E-state index is 12.4. The Kier molecular flexibility index (Phi) is 4.52. The van der Waals surface area contributed by atoms with Gasteiger partial charge in [0.05, 0.1) is 12.0 Å². The molecule has 2 heterocycles. The van der Waals surface area contributed by atoms with Gasteiger partial charge in [0.1, 0.15) is 5.56 Å². The van der Waals surface area contributed by atoms with Gasteiger partial charge < -0.3 is 14.9 Å². The van der Waals surface area contributed by atoms with E-state index in [9.17, 15) is 9.59 Å². The van der Waals surface area contributed by atoms with Gasteiger partial charge in [-0.05, 0) is 56.2 Å². The smallest absolute Gasteiger partial charge is 0.261 e. The third-order valence-corrected chi connectivity index (χ3v) is 4.27. The Balaban J connectivity index is 1.81. The Morgan fingerprint density at radius 2 is 1.96 bits per heavy atom. The van der Waals surface area contributed by atoms with Crippen molar-refractivity contribution in [3.8, 4) is 5.69 Å². The number of imidazole rings is 1. The first-order valence-electron chi connectivity index (χ1n) is 8.13. The Bertz CT molecular complexity index is 968. The molecule has 0 aliphatic heterocycles. The molecule has 0 bridgehead atoms. The molecule has 25 heavy (non-hydrogen) atoms. The molecule has 0 unspecified atom stereocenters. The van der Waals surface area contributed by atoms with Crippen LogP contribution in [0.15, 0.2) is 47.7 Å². The SMILES string of the molecule is CCc1c[nH]c(=O)c(C(=O)Nc2ccc(-n3cnc(C)c3C)cc2)c1.